The molecule has 2 N–H and O–H groups in total. The number of nitrogens with one attached hydrogen (secondary N) is 2. The Labute approximate surface area is 119 Å². The summed E-state index contributed by atoms with van der Waals surface area (Å²) >= 11 is 0. The molecule has 0 amide bonds. The fraction of sp³-hybridized carbons (Fsp3) is 0.571. The molecule has 3 rings (SSSR count). The number of anilines is 1. The molecule has 2 aliphatic heterocycles. The number of hydrogen-bond donors (Lipinski definition) is 2. The molecule has 1 fully saturated rings. The van der Waals surface area contributed by atoms with E-state index in [1.807, 2.05) is 18.2 Å². The Morgan fingerprint density at radius 2 is 2.30 bits per heavy atom. The summed E-state index contributed by atoms with van der Waals surface area (Å²) in [5, 5.41) is 3.29. The maximum atomic E-state index is 12.2. The zero-order valence-electron chi connectivity index (χ0n) is 11.4. The summed E-state index contributed by atoms with van der Waals surface area (Å²) in [4.78, 5) is 0. The highest BCUT2D eigenvalue weighted by molar-refractivity contribution is 7.92. The first kappa shape index (κ1) is 13.9. The van der Waals surface area contributed by atoms with Gasteiger partial charge < -0.3 is 10.1 Å². The number of rotatable bonds is 4. The third-order valence-corrected chi connectivity index (χ3v) is 5.18. The Morgan fingerprint density at radius 3 is 3.10 bits per heavy atom. The standard InChI is InChI=1S/C14H20N2O3S/c17-20(18,10-12-4-2-8-19-12)16-14-5-1-3-11-9-15-7-6-13(11)14/h1,3,5,12,15-16H,2,4,6-10H2. The molecule has 1 saturated heterocycles. The van der Waals surface area contributed by atoms with Crippen LogP contribution in [0.3, 0.4) is 0 Å². The molecule has 0 aliphatic carbocycles. The van der Waals surface area contributed by atoms with Crippen LogP contribution < -0.4 is 10.0 Å². The Bertz CT molecular complexity index is 580. The zero-order valence-corrected chi connectivity index (χ0v) is 12.2. The van der Waals surface area contributed by atoms with Crippen molar-refractivity contribution < 1.29 is 13.2 Å². The van der Waals surface area contributed by atoms with E-state index in [1.54, 1.807) is 0 Å². The quantitative estimate of drug-likeness (QED) is 0.877. The van der Waals surface area contributed by atoms with Gasteiger partial charge in [0, 0.05) is 13.2 Å². The van der Waals surface area contributed by atoms with Crippen molar-refractivity contribution in [1.29, 1.82) is 0 Å². The number of ether oxygens (including phenoxy) is 1. The van der Waals surface area contributed by atoms with Crippen molar-refractivity contribution in [2.24, 2.45) is 0 Å². The Kier molecular flexibility index (Phi) is 3.96. The smallest absolute Gasteiger partial charge is 0.235 e. The van der Waals surface area contributed by atoms with E-state index in [-0.39, 0.29) is 11.9 Å². The lowest BCUT2D eigenvalue weighted by molar-refractivity contribution is 0.127. The van der Waals surface area contributed by atoms with E-state index in [1.165, 1.54) is 5.56 Å². The van der Waals surface area contributed by atoms with E-state index in [0.29, 0.717) is 6.61 Å². The van der Waals surface area contributed by atoms with Gasteiger partial charge in [-0.2, -0.15) is 0 Å². The Balaban J connectivity index is 1.76. The molecule has 2 aliphatic rings. The second-order valence-electron chi connectivity index (χ2n) is 5.39. The molecule has 0 saturated carbocycles. The van der Waals surface area contributed by atoms with Crippen molar-refractivity contribution in [1.82, 2.24) is 5.32 Å². The van der Waals surface area contributed by atoms with Gasteiger partial charge in [0.25, 0.3) is 0 Å². The first-order valence-electron chi connectivity index (χ1n) is 7.08. The third kappa shape index (κ3) is 3.13. The summed E-state index contributed by atoms with van der Waals surface area (Å²) in [5.74, 6) is 0.0505. The molecule has 1 unspecified atom stereocenters. The van der Waals surface area contributed by atoms with Crippen LogP contribution in [0.15, 0.2) is 18.2 Å². The highest BCUT2D eigenvalue weighted by Gasteiger charge is 2.24. The lowest BCUT2D eigenvalue weighted by atomic mass is 9.99. The molecule has 0 aromatic heterocycles. The van der Waals surface area contributed by atoms with Crippen molar-refractivity contribution in [3.8, 4) is 0 Å². The molecule has 0 bridgehead atoms. The average molecular weight is 296 g/mol. The van der Waals surface area contributed by atoms with Gasteiger partial charge in [0.15, 0.2) is 0 Å². The second-order valence-corrected chi connectivity index (χ2v) is 7.16. The Morgan fingerprint density at radius 1 is 1.40 bits per heavy atom. The minimum atomic E-state index is -3.35. The molecule has 1 aromatic carbocycles. The molecule has 2 heterocycles. The molecule has 20 heavy (non-hydrogen) atoms. The van der Waals surface area contributed by atoms with Gasteiger partial charge in [-0.3, -0.25) is 4.72 Å². The van der Waals surface area contributed by atoms with Crippen LogP contribution in [0, 0.1) is 0 Å². The van der Waals surface area contributed by atoms with Gasteiger partial charge in [0.2, 0.25) is 10.0 Å². The third-order valence-electron chi connectivity index (χ3n) is 3.84. The predicted molar refractivity (Wildman–Crippen MR) is 78.2 cm³/mol. The van der Waals surface area contributed by atoms with Crippen molar-refractivity contribution in [2.45, 2.75) is 31.9 Å². The molecular formula is C14H20N2O3S. The van der Waals surface area contributed by atoms with Gasteiger partial charge in [0.05, 0.1) is 17.5 Å². The van der Waals surface area contributed by atoms with Crippen molar-refractivity contribution >= 4 is 15.7 Å². The van der Waals surface area contributed by atoms with Crippen molar-refractivity contribution in [3.05, 3.63) is 29.3 Å². The summed E-state index contributed by atoms with van der Waals surface area (Å²) in [6, 6.07) is 5.78. The van der Waals surface area contributed by atoms with Crippen LogP contribution in [-0.2, 0) is 27.7 Å². The summed E-state index contributed by atoms with van der Waals surface area (Å²) in [5.41, 5.74) is 3.01. The number of hydrogen-bond acceptors (Lipinski definition) is 4. The SMILES string of the molecule is O=S(=O)(CC1CCCO1)Nc1cccc2c1CCNC2. The maximum Gasteiger partial charge on any atom is 0.235 e. The van der Waals surface area contributed by atoms with E-state index in [4.69, 9.17) is 4.74 Å². The van der Waals surface area contributed by atoms with Crippen LogP contribution in [0.2, 0.25) is 0 Å². The van der Waals surface area contributed by atoms with Gasteiger partial charge in [0.1, 0.15) is 0 Å². The highest BCUT2D eigenvalue weighted by atomic mass is 32.2. The topological polar surface area (TPSA) is 67.4 Å². The molecule has 1 aromatic rings. The molecule has 0 spiro atoms. The van der Waals surface area contributed by atoms with E-state index in [2.05, 4.69) is 10.0 Å². The highest BCUT2D eigenvalue weighted by Crippen LogP contribution is 2.24. The molecule has 0 radical (unpaired) electrons. The average Bonchev–Trinajstić information content (AvgIpc) is 2.91. The first-order valence-corrected chi connectivity index (χ1v) is 8.73. The van der Waals surface area contributed by atoms with Gasteiger partial charge >= 0.3 is 0 Å². The van der Waals surface area contributed by atoms with E-state index in [0.717, 1.165) is 43.6 Å². The van der Waals surface area contributed by atoms with E-state index >= 15 is 0 Å². The summed E-state index contributed by atoms with van der Waals surface area (Å²) in [7, 11) is -3.35. The monoisotopic (exact) mass is 296 g/mol. The van der Waals surface area contributed by atoms with Crippen LogP contribution in [0.1, 0.15) is 24.0 Å². The lowest BCUT2D eigenvalue weighted by Gasteiger charge is -2.21. The minimum Gasteiger partial charge on any atom is -0.377 e. The Hall–Kier alpha value is -1.11. The van der Waals surface area contributed by atoms with Gasteiger partial charge in [-0.05, 0) is 43.0 Å². The number of benzene rings is 1. The zero-order chi connectivity index (χ0) is 14.0. The molecule has 5 nitrogen and oxygen atoms in total. The van der Waals surface area contributed by atoms with E-state index < -0.39 is 10.0 Å². The van der Waals surface area contributed by atoms with Crippen LogP contribution in [-0.4, -0.2) is 33.4 Å². The van der Waals surface area contributed by atoms with Crippen LogP contribution in [0.5, 0.6) is 0 Å². The van der Waals surface area contributed by atoms with Crippen LogP contribution in [0.25, 0.3) is 0 Å². The summed E-state index contributed by atoms with van der Waals surface area (Å²) in [6.07, 6.45) is 2.48. The minimum absolute atomic E-state index is 0.0505. The summed E-state index contributed by atoms with van der Waals surface area (Å²) in [6.45, 7) is 2.36. The first-order chi connectivity index (χ1) is 9.64. The normalized spacial score (nSPS) is 22.5. The van der Waals surface area contributed by atoms with Gasteiger partial charge in [-0.1, -0.05) is 12.1 Å². The molecule has 110 valence electrons. The second kappa shape index (κ2) is 5.71. The maximum absolute atomic E-state index is 12.2. The van der Waals surface area contributed by atoms with E-state index in [9.17, 15) is 8.42 Å². The number of fused-ring (bicyclic) bond motifs is 1. The predicted octanol–water partition coefficient (Wildman–Crippen LogP) is 1.25. The van der Waals surface area contributed by atoms with Crippen LogP contribution in [0.4, 0.5) is 5.69 Å². The molecular weight excluding hydrogens is 276 g/mol. The fourth-order valence-electron chi connectivity index (χ4n) is 2.86. The molecule has 1 atom stereocenters. The van der Waals surface area contributed by atoms with Crippen molar-refractivity contribution in [3.63, 3.8) is 0 Å². The lowest BCUT2D eigenvalue weighted by Crippen LogP contribution is -2.28. The largest absolute Gasteiger partial charge is 0.377 e. The van der Waals surface area contributed by atoms with Crippen LogP contribution >= 0.6 is 0 Å². The fourth-order valence-corrected chi connectivity index (χ4v) is 4.22. The van der Waals surface area contributed by atoms with Gasteiger partial charge in [-0.25, -0.2) is 8.42 Å². The van der Waals surface area contributed by atoms with Crippen molar-refractivity contribution in [2.75, 3.05) is 23.6 Å². The number of sulfonamides is 1. The van der Waals surface area contributed by atoms with Gasteiger partial charge in [-0.15, -0.1) is 0 Å². The molecule has 6 heteroatoms. The summed E-state index contributed by atoms with van der Waals surface area (Å²) < 4.78 is 32.6.